The summed E-state index contributed by atoms with van der Waals surface area (Å²) in [4.78, 5) is 11.2. The zero-order chi connectivity index (χ0) is 13.9. The summed E-state index contributed by atoms with van der Waals surface area (Å²) < 4.78 is 37.9. The minimum atomic E-state index is -4.40. The van der Waals surface area contributed by atoms with Crippen LogP contribution < -0.4 is 11.1 Å². The number of nitrogens with zero attached hydrogens (tertiary/aromatic N) is 2. The smallest absolute Gasteiger partial charge is 0.368 e. The molecule has 1 atom stereocenters. The van der Waals surface area contributed by atoms with Gasteiger partial charge in [0.1, 0.15) is 6.04 Å². The van der Waals surface area contributed by atoms with Gasteiger partial charge in [-0.1, -0.05) is 6.92 Å². The molecule has 8 heteroatoms. The Balaban J connectivity index is 2.94. The van der Waals surface area contributed by atoms with Gasteiger partial charge >= 0.3 is 6.18 Å². The van der Waals surface area contributed by atoms with Gasteiger partial charge < -0.3 is 5.73 Å². The molecule has 0 spiro atoms. The van der Waals surface area contributed by atoms with Gasteiger partial charge in [0, 0.05) is 18.8 Å². The Morgan fingerprint density at radius 2 is 2.22 bits per heavy atom. The van der Waals surface area contributed by atoms with Crippen molar-refractivity contribution in [1.82, 2.24) is 15.1 Å². The first kappa shape index (κ1) is 14.5. The third-order valence-corrected chi connectivity index (χ3v) is 2.37. The van der Waals surface area contributed by atoms with Crippen LogP contribution >= 0.6 is 0 Å². The lowest BCUT2D eigenvalue weighted by Gasteiger charge is -2.16. The van der Waals surface area contributed by atoms with Crippen LogP contribution in [0.2, 0.25) is 0 Å². The van der Waals surface area contributed by atoms with Crippen LogP contribution in [0.5, 0.6) is 0 Å². The average Bonchev–Trinajstić information content (AvgIpc) is 2.57. The molecular formula is C10H15F3N4O. The topological polar surface area (TPSA) is 72.9 Å². The molecule has 0 aliphatic heterocycles. The Morgan fingerprint density at radius 1 is 1.61 bits per heavy atom. The molecule has 3 N–H and O–H groups in total. The molecule has 0 bridgehead atoms. The van der Waals surface area contributed by atoms with E-state index in [9.17, 15) is 18.0 Å². The van der Waals surface area contributed by atoms with E-state index in [1.807, 2.05) is 0 Å². The van der Waals surface area contributed by atoms with Crippen molar-refractivity contribution >= 4 is 5.91 Å². The highest BCUT2D eigenvalue weighted by Crippen LogP contribution is 2.20. The van der Waals surface area contributed by atoms with E-state index in [-0.39, 0.29) is 0 Å². The Hall–Kier alpha value is -1.57. The van der Waals surface area contributed by atoms with Gasteiger partial charge in [0.15, 0.2) is 0 Å². The Kier molecular flexibility index (Phi) is 4.33. The number of primary amides is 1. The van der Waals surface area contributed by atoms with Gasteiger partial charge in [-0.3, -0.25) is 14.8 Å². The fraction of sp³-hybridized carbons (Fsp3) is 0.600. The van der Waals surface area contributed by atoms with E-state index < -0.39 is 24.7 Å². The lowest BCUT2D eigenvalue weighted by molar-refractivity contribution is -0.130. The molecule has 0 aromatic carbocycles. The molecule has 1 rings (SSSR count). The zero-order valence-electron chi connectivity index (χ0n) is 10.1. The molecule has 1 aromatic heterocycles. The summed E-state index contributed by atoms with van der Waals surface area (Å²) in [7, 11) is 1.63. The highest BCUT2D eigenvalue weighted by Gasteiger charge is 2.31. The van der Waals surface area contributed by atoms with E-state index in [2.05, 4.69) is 10.4 Å². The van der Waals surface area contributed by atoms with Crippen LogP contribution in [0.3, 0.4) is 0 Å². The van der Waals surface area contributed by atoms with Crippen molar-refractivity contribution in [3.8, 4) is 0 Å². The number of amides is 1. The van der Waals surface area contributed by atoms with Crippen LogP contribution in [-0.2, 0) is 18.3 Å². The number of hydrogen-bond acceptors (Lipinski definition) is 3. The highest BCUT2D eigenvalue weighted by molar-refractivity contribution is 5.81. The predicted molar refractivity (Wildman–Crippen MR) is 58.6 cm³/mol. The normalized spacial score (nSPS) is 13.6. The summed E-state index contributed by atoms with van der Waals surface area (Å²) in [5.74, 6) is -0.859. The first-order valence-corrected chi connectivity index (χ1v) is 5.36. The summed E-state index contributed by atoms with van der Waals surface area (Å²) in [6.07, 6.45) is -2.40. The van der Waals surface area contributed by atoms with Crippen LogP contribution in [0.4, 0.5) is 13.2 Å². The molecule has 5 nitrogen and oxygen atoms in total. The number of nitrogens with one attached hydrogen (secondary N) is 1. The van der Waals surface area contributed by atoms with E-state index in [1.165, 1.54) is 10.9 Å². The molecule has 1 aromatic rings. The molecule has 0 fully saturated rings. The van der Waals surface area contributed by atoms with Gasteiger partial charge in [0.2, 0.25) is 5.91 Å². The van der Waals surface area contributed by atoms with Crippen molar-refractivity contribution in [2.24, 2.45) is 12.8 Å². The Bertz CT molecular complexity index is 427. The fourth-order valence-electron chi connectivity index (χ4n) is 1.65. The van der Waals surface area contributed by atoms with Crippen LogP contribution in [0.1, 0.15) is 24.2 Å². The number of rotatable bonds is 5. The van der Waals surface area contributed by atoms with Crippen LogP contribution in [0.15, 0.2) is 6.20 Å². The third kappa shape index (κ3) is 3.73. The van der Waals surface area contributed by atoms with E-state index in [4.69, 9.17) is 5.73 Å². The number of carbonyl (C=O) groups is 1. The predicted octanol–water partition coefficient (Wildman–Crippen LogP) is 0.661. The molecule has 0 saturated heterocycles. The fourth-order valence-corrected chi connectivity index (χ4v) is 1.65. The monoisotopic (exact) mass is 264 g/mol. The highest BCUT2D eigenvalue weighted by atomic mass is 19.4. The van der Waals surface area contributed by atoms with Crippen molar-refractivity contribution < 1.29 is 18.0 Å². The van der Waals surface area contributed by atoms with Crippen molar-refractivity contribution in [3.63, 3.8) is 0 Å². The quantitative estimate of drug-likeness (QED) is 0.820. The number of aryl methyl sites for hydroxylation is 2. The van der Waals surface area contributed by atoms with Gasteiger partial charge in [-0.25, -0.2) is 0 Å². The molecular weight excluding hydrogens is 249 g/mol. The maximum absolute atomic E-state index is 12.1. The van der Waals surface area contributed by atoms with E-state index >= 15 is 0 Å². The zero-order valence-corrected chi connectivity index (χ0v) is 10.1. The summed E-state index contributed by atoms with van der Waals surface area (Å²) in [6.45, 7) is 0.520. The number of carbonyl (C=O) groups excluding carboxylic acids is 1. The first-order valence-electron chi connectivity index (χ1n) is 5.36. The number of halogens is 3. The van der Waals surface area contributed by atoms with Crippen molar-refractivity contribution in [2.45, 2.75) is 25.6 Å². The van der Waals surface area contributed by atoms with E-state index in [0.29, 0.717) is 17.7 Å². The molecule has 102 valence electrons. The van der Waals surface area contributed by atoms with Gasteiger partial charge in [-0.05, 0) is 6.42 Å². The maximum Gasteiger partial charge on any atom is 0.401 e. The Labute approximate surface area is 102 Å². The lowest BCUT2D eigenvalue weighted by Crippen LogP contribution is -2.39. The Morgan fingerprint density at radius 3 is 2.67 bits per heavy atom. The minimum Gasteiger partial charge on any atom is -0.368 e. The second-order valence-corrected chi connectivity index (χ2v) is 3.89. The summed E-state index contributed by atoms with van der Waals surface area (Å²) in [6, 6.07) is -1.18. The SMILES string of the molecule is CCc1nn(C)cc1C(NCC(F)(F)F)C(N)=O. The van der Waals surface area contributed by atoms with Gasteiger partial charge in [0.05, 0.1) is 12.2 Å². The van der Waals surface area contributed by atoms with Crippen LogP contribution in [0.25, 0.3) is 0 Å². The second kappa shape index (κ2) is 5.38. The molecule has 0 aliphatic rings. The van der Waals surface area contributed by atoms with Crippen LogP contribution in [-0.4, -0.2) is 28.4 Å². The van der Waals surface area contributed by atoms with Crippen molar-refractivity contribution in [1.29, 1.82) is 0 Å². The summed E-state index contributed by atoms with van der Waals surface area (Å²) in [5, 5.41) is 6.18. The van der Waals surface area contributed by atoms with E-state index in [1.54, 1.807) is 14.0 Å². The number of nitrogens with two attached hydrogens (primary N) is 1. The second-order valence-electron chi connectivity index (χ2n) is 3.89. The summed E-state index contributed by atoms with van der Waals surface area (Å²) in [5.41, 5.74) is 6.06. The molecule has 1 heterocycles. The van der Waals surface area contributed by atoms with E-state index in [0.717, 1.165) is 0 Å². The third-order valence-electron chi connectivity index (χ3n) is 2.37. The molecule has 1 amide bonds. The summed E-state index contributed by atoms with van der Waals surface area (Å²) >= 11 is 0. The molecule has 0 saturated carbocycles. The van der Waals surface area contributed by atoms with Crippen molar-refractivity contribution in [3.05, 3.63) is 17.5 Å². The number of hydrogen-bond donors (Lipinski definition) is 2. The molecule has 1 unspecified atom stereocenters. The van der Waals surface area contributed by atoms with Gasteiger partial charge in [-0.2, -0.15) is 18.3 Å². The van der Waals surface area contributed by atoms with Gasteiger partial charge in [-0.15, -0.1) is 0 Å². The molecule has 0 radical (unpaired) electrons. The van der Waals surface area contributed by atoms with Crippen LogP contribution in [0, 0.1) is 0 Å². The molecule has 0 aliphatic carbocycles. The number of aromatic nitrogens is 2. The van der Waals surface area contributed by atoms with Gasteiger partial charge in [0.25, 0.3) is 0 Å². The largest absolute Gasteiger partial charge is 0.401 e. The first-order chi connectivity index (χ1) is 8.24. The van der Waals surface area contributed by atoms with Crippen molar-refractivity contribution in [2.75, 3.05) is 6.54 Å². The minimum absolute atomic E-state index is 0.386. The molecule has 18 heavy (non-hydrogen) atoms. The average molecular weight is 264 g/mol. The standard InChI is InChI=1S/C10H15F3N4O/c1-3-7-6(4-17(2)16-7)8(9(14)18)15-5-10(11,12)13/h4,8,15H,3,5H2,1-2H3,(H2,14,18). The number of alkyl halides is 3. The maximum atomic E-state index is 12.1. The lowest BCUT2D eigenvalue weighted by atomic mass is 10.1.